The molecule has 2 aromatic heterocycles. The minimum atomic E-state index is -0.727. The van der Waals surface area contributed by atoms with Gasteiger partial charge < -0.3 is 9.80 Å². The van der Waals surface area contributed by atoms with Gasteiger partial charge >= 0.3 is 0 Å². The standard InChI is InChI=1S/C38H42N6O2/c1-33(2)35(5)15-17-37(33,29-27(35)39-23-11-7-9-13-25(23)41-29)31(45)43-19-21-44(22-20-43)32(46)38-18-16-36(6,34(38,3)4)28-30(38)42-26-14-10-8-12-24(26)40-28/h7-14H,15-22H2,1-6H3/t35-,36+,37-,38-/m0/s1. The molecule has 4 atom stereocenters. The van der Waals surface area contributed by atoms with E-state index in [9.17, 15) is 9.59 Å². The average Bonchev–Trinajstić information content (AvgIpc) is 3.53. The topological polar surface area (TPSA) is 92.2 Å². The molecule has 0 spiro atoms. The van der Waals surface area contributed by atoms with Crippen LogP contribution in [0.5, 0.6) is 0 Å². The van der Waals surface area contributed by atoms with E-state index in [0.29, 0.717) is 26.2 Å². The monoisotopic (exact) mass is 614 g/mol. The van der Waals surface area contributed by atoms with Crippen LogP contribution in [0.1, 0.15) is 90.0 Å². The third-order valence-electron chi connectivity index (χ3n) is 14.5. The molecule has 8 heteroatoms. The zero-order chi connectivity index (χ0) is 32.1. The van der Waals surface area contributed by atoms with E-state index in [1.165, 1.54) is 0 Å². The van der Waals surface area contributed by atoms with Gasteiger partial charge in [-0.05, 0) is 60.8 Å². The fraction of sp³-hybridized carbons (Fsp3) is 0.526. The molecule has 1 aliphatic heterocycles. The number of rotatable bonds is 2. The summed E-state index contributed by atoms with van der Waals surface area (Å²) in [6.45, 7) is 15.6. The van der Waals surface area contributed by atoms with Crippen LogP contribution in [0.25, 0.3) is 22.1 Å². The first-order valence-corrected chi connectivity index (χ1v) is 17.0. The van der Waals surface area contributed by atoms with Crippen LogP contribution >= 0.6 is 0 Å². The maximum Gasteiger partial charge on any atom is 0.235 e. The van der Waals surface area contributed by atoms with Gasteiger partial charge in [0.1, 0.15) is 0 Å². The van der Waals surface area contributed by atoms with E-state index in [2.05, 4.69) is 41.5 Å². The molecule has 0 unspecified atom stereocenters. The summed E-state index contributed by atoms with van der Waals surface area (Å²) in [5, 5.41) is 0. The first-order valence-electron chi connectivity index (χ1n) is 17.0. The lowest BCUT2D eigenvalue weighted by Crippen LogP contribution is -2.61. The second-order valence-electron chi connectivity index (χ2n) is 16.1. The molecule has 4 aliphatic carbocycles. The third kappa shape index (κ3) is 2.86. The fourth-order valence-corrected chi connectivity index (χ4v) is 10.7. The molecule has 46 heavy (non-hydrogen) atoms. The number of fused-ring (bicyclic) bond motifs is 12. The zero-order valence-corrected chi connectivity index (χ0v) is 27.8. The zero-order valence-electron chi connectivity index (χ0n) is 27.8. The van der Waals surface area contributed by atoms with Crippen LogP contribution in [0.3, 0.4) is 0 Å². The molecule has 0 radical (unpaired) electrons. The van der Waals surface area contributed by atoms with Gasteiger partial charge in [-0.3, -0.25) is 9.59 Å². The maximum absolute atomic E-state index is 14.9. The molecule has 8 nitrogen and oxygen atoms in total. The van der Waals surface area contributed by atoms with Crippen molar-refractivity contribution in [2.75, 3.05) is 26.2 Å². The first-order chi connectivity index (χ1) is 21.8. The normalized spacial score (nSPS) is 33.1. The van der Waals surface area contributed by atoms with E-state index in [0.717, 1.165) is 70.5 Å². The van der Waals surface area contributed by atoms with Crippen molar-refractivity contribution in [3.05, 3.63) is 71.3 Å². The van der Waals surface area contributed by atoms with Gasteiger partial charge in [0.15, 0.2) is 0 Å². The molecule has 3 fully saturated rings. The Kier molecular flexibility index (Phi) is 5.23. The number of hydrogen-bond donors (Lipinski definition) is 0. The Morgan fingerprint density at radius 2 is 0.804 bits per heavy atom. The third-order valence-corrected chi connectivity index (χ3v) is 14.5. The van der Waals surface area contributed by atoms with Crippen LogP contribution in [-0.2, 0) is 31.2 Å². The molecular formula is C38H42N6O2. The van der Waals surface area contributed by atoms with Gasteiger partial charge in [-0.2, -0.15) is 0 Å². The van der Waals surface area contributed by atoms with Crippen molar-refractivity contribution in [2.24, 2.45) is 10.8 Å². The number of nitrogens with zero attached hydrogens (tertiary/aromatic N) is 6. The number of carbonyl (C=O) groups excluding carboxylic acids is 2. The minimum absolute atomic E-state index is 0.145. The molecule has 2 amide bonds. The SMILES string of the molecule is CC1(C)[C@@]2(C)CC[C@@]1(C(=O)N1CCN(C(=O)[C@]34CC[C@](C)(c5nc6ccccc6nc53)C4(C)C)CC1)c1nc3ccccc3nc12. The second kappa shape index (κ2) is 8.50. The molecule has 9 rings (SSSR count). The summed E-state index contributed by atoms with van der Waals surface area (Å²) in [5.41, 5.74) is 4.59. The molecule has 3 heterocycles. The van der Waals surface area contributed by atoms with E-state index >= 15 is 0 Å². The van der Waals surface area contributed by atoms with Crippen molar-refractivity contribution in [1.29, 1.82) is 0 Å². The van der Waals surface area contributed by atoms with Crippen molar-refractivity contribution in [3.63, 3.8) is 0 Å². The molecule has 4 bridgehead atoms. The number of aromatic nitrogens is 4. The van der Waals surface area contributed by atoms with Gasteiger partial charge in [0.25, 0.3) is 0 Å². The van der Waals surface area contributed by atoms with Gasteiger partial charge in [-0.15, -0.1) is 0 Å². The largest absolute Gasteiger partial charge is 0.338 e. The highest BCUT2D eigenvalue weighted by Gasteiger charge is 2.75. The second-order valence-corrected chi connectivity index (χ2v) is 16.1. The fourth-order valence-electron chi connectivity index (χ4n) is 10.7. The first kappa shape index (κ1) is 28.3. The Labute approximate surface area is 270 Å². The number of carbonyl (C=O) groups is 2. The molecule has 5 aliphatic rings. The number of amides is 2. The Morgan fingerprint density at radius 3 is 1.13 bits per heavy atom. The molecule has 236 valence electrons. The number of para-hydroxylation sites is 4. The Morgan fingerprint density at radius 1 is 0.500 bits per heavy atom. The van der Waals surface area contributed by atoms with Gasteiger partial charge in [-0.25, -0.2) is 19.9 Å². The smallest absolute Gasteiger partial charge is 0.235 e. The summed E-state index contributed by atoms with van der Waals surface area (Å²) in [7, 11) is 0. The molecule has 2 aromatic carbocycles. The average molecular weight is 615 g/mol. The summed E-state index contributed by atoms with van der Waals surface area (Å²) in [6, 6.07) is 16.0. The predicted octanol–water partition coefficient (Wildman–Crippen LogP) is 5.60. The molecule has 4 aromatic rings. The van der Waals surface area contributed by atoms with Crippen LogP contribution in [0.4, 0.5) is 0 Å². The minimum Gasteiger partial charge on any atom is -0.338 e. The van der Waals surface area contributed by atoms with E-state index in [1.807, 2.05) is 58.3 Å². The van der Waals surface area contributed by atoms with Gasteiger partial charge in [0.05, 0.1) is 55.7 Å². The Hall–Kier alpha value is -3.94. The maximum atomic E-state index is 14.9. The van der Waals surface area contributed by atoms with Crippen molar-refractivity contribution < 1.29 is 9.59 Å². The van der Waals surface area contributed by atoms with Crippen molar-refractivity contribution in [1.82, 2.24) is 29.7 Å². The quantitative estimate of drug-likeness (QED) is 0.292. The van der Waals surface area contributed by atoms with E-state index < -0.39 is 10.8 Å². The Bertz CT molecular complexity index is 1890. The number of hydrogen-bond acceptors (Lipinski definition) is 6. The van der Waals surface area contributed by atoms with Gasteiger partial charge in [-0.1, -0.05) is 65.8 Å². The Balaban J connectivity index is 1.04. The summed E-state index contributed by atoms with van der Waals surface area (Å²) in [5.74, 6) is 0.291. The highest BCUT2D eigenvalue weighted by molar-refractivity contribution is 5.95. The summed E-state index contributed by atoms with van der Waals surface area (Å²) < 4.78 is 0. The highest BCUT2D eigenvalue weighted by atomic mass is 16.2. The van der Waals surface area contributed by atoms with Gasteiger partial charge in [0, 0.05) is 37.0 Å². The van der Waals surface area contributed by atoms with Crippen molar-refractivity contribution in [3.8, 4) is 0 Å². The molecular weight excluding hydrogens is 572 g/mol. The van der Waals surface area contributed by atoms with E-state index in [1.54, 1.807) is 0 Å². The molecule has 0 N–H and O–H groups in total. The predicted molar refractivity (Wildman–Crippen MR) is 176 cm³/mol. The number of piperazine rings is 1. The van der Waals surface area contributed by atoms with Gasteiger partial charge in [0.2, 0.25) is 11.8 Å². The number of benzene rings is 2. The summed E-state index contributed by atoms with van der Waals surface area (Å²) >= 11 is 0. The van der Waals surface area contributed by atoms with Crippen LogP contribution in [0.15, 0.2) is 48.5 Å². The van der Waals surface area contributed by atoms with Crippen LogP contribution < -0.4 is 0 Å². The van der Waals surface area contributed by atoms with Crippen LogP contribution in [0, 0.1) is 10.8 Å². The van der Waals surface area contributed by atoms with Crippen LogP contribution in [0.2, 0.25) is 0 Å². The van der Waals surface area contributed by atoms with Crippen molar-refractivity contribution >= 4 is 33.9 Å². The molecule has 1 saturated heterocycles. The highest BCUT2D eigenvalue weighted by Crippen LogP contribution is 2.72. The van der Waals surface area contributed by atoms with E-state index in [-0.39, 0.29) is 33.5 Å². The van der Waals surface area contributed by atoms with Crippen molar-refractivity contribution in [2.45, 2.75) is 88.9 Å². The lowest BCUT2D eigenvalue weighted by molar-refractivity contribution is -0.150. The summed E-state index contributed by atoms with van der Waals surface area (Å²) in [6.07, 6.45) is 3.37. The lowest BCUT2D eigenvalue weighted by atomic mass is 9.63. The molecule has 2 saturated carbocycles. The lowest BCUT2D eigenvalue weighted by Gasteiger charge is -2.46. The summed E-state index contributed by atoms with van der Waals surface area (Å²) in [4.78, 5) is 54.4. The van der Waals surface area contributed by atoms with E-state index in [4.69, 9.17) is 19.9 Å². The van der Waals surface area contributed by atoms with Crippen LogP contribution in [-0.4, -0.2) is 67.7 Å².